The van der Waals surface area contributed by atoms with Crippen molar-refractivity contribution < 1.29 is 29.0 Å². The molecule has 344 valence electrons. The van der Waals surface area contributed by atoms with Crippen molar-refractivity contribution in [1.82, 2.24) is 15.5 Å². The maximum absolute atomic E-state index is 15.1. The lowest BCUT2D eigenvalue weighted by Gasteiger charge is -2.75. The van der Waals surface area contributed by atoms with E-state index >= 15 is 4.79 Å². The minimum atomic E-state index is -1.17. The molecule has 7 aliphatic carbocycles. The monoisotopic (exact) mass is 864 g/mol. The molecule has 0 bridgehead atoms. The van der Waals surface area contributed by atoms with Crippen LogP contribution in [0.3, 0.4) is 0 Å². The lowest BCUT2D eigenvalue weighted by molar-refractivity contribution is -0.285. The molecule has 7 aliphatic rings. The molecule has 7 fully saturated rings. The third-order valence-corrected chi connectivity index (χ3v) is 22.6. The van der Waals surface area contributed by atoms with Crippen molar-refractivity contribution >= 4 is 17.8 Å². The molecule has 9 heteroatoms. The van der Waals surface area contributed by atoms with Crippen LogP contribution in [0.25, 0.3) is 0 Å². The second-order valence-electron chi connectivity index (χ2n) is 25.2. The Balaban J connectivity index is 0.991. The van der Waals surface area contributed by atoms with Crippen LogP contribution in [0.1, 0.15) is 170 Å². The summed E-state index contributed by atoms with van der Waals surface area (Å²) in [5, 5.41) is 34.5. The topological polar surface area (TPSA) is 143 Å². The van der Waals surface area contributed by atoms with E-state index in [2.05, 4.69) is 77.5 Å². The van der Waals surface area contributed by atoms with Crippen molar-refractivity contribution in [2.75, 3.05) is 0 Å². The van der Waals surface area contributed by atoms with Crippen molar-refractivity contribution in [3.63, 3.8) is 0 Å². The summed E-state index contributed by atoms with van der Waals surface area (Å²) < 4.78 is 5.87. The fourth-order valence-electron chi connectivity index (χ4n) is 18.7. The molecule has 0 spiro atoms. The van der Waals surface area contributed by atoms with Crippen LogP contribution in [0, 0.1) is 91.2 Å². The fourth-order valence-corrected chi connectivity index (χ4v) is 18.7. The SMILES string of the molecule is C=C(C)[C@@H]1CC[C@]2(C(=O)N[C@@H]3C[C@H](c4nnc(C)o4)C3(C)C)CC[C@]3(C)[C@H](CC[C@@H]4[C@]5(C)CC[C@H]([C@@]6(C(=O)O)C[C@@](Cc7ccccc7)(C(=O)O)C6(C)C)C(C)(C)[C@H]5CC[C@]43C)[C@@H]12. The maximum atomic E-state index is 15.1. The van der Waals surface area contributed by atoms with Gasteiger partial charge in [-0.25, -0.2) is 0 Å². The minimum Gasteiger partial charge on any atom is -0.481 e. The highest BCUT2D eigenvalue weighted by Crippen LogP contribution is 2.81. The van der Waals surface area contributed by atoms with Gasteiger partial charge in [-0.15, -0.1) is 10.2 Å². The van der Waals surface area contributed by atoms with Crippen LogP contribution < -0.4 is 5.32 Å². The van der Waals surface area contributed by atoms with Crippen molar-refractivity contribution in [1.29, 1.82) is 0 Å². The number of carbonyl (C=O) groups excluding carboxylic acids is 1. The number of carbonyl (C=O) groups is 3. The molecule has 3 N–H and O–H groups in total. The van der Waals surface area contributed by atoms with Gasteiger partial charge in [0.2, 0.25) is 17.7 Å². The Morgan fingerprint density at radius 2 is 1.46 bits per heavy atom. The average molecular weight is 864 g/mol. The maximum Gasteiger partial charge on any atom is 0.310 e. The van der Waals surface area contributed by atoms with Crippen molar-refractivity contribution in [3.8, 4) is 0 Å². The van der Waals surface area contributed by atoms with Crippen LogP contribution in [0.15, 0.2) is 46.9 Å². The number of carboxylic acid groups (broad SMARTS) is 2. The zero-order chi connectivity index (χ0) is 45.7. The summed E-state index contributed by atoms with van der Waals surface area (Å²) in [5.41, 5.74) is -1.91. The Morgan fingerprint density at radius 1 is 0.778 bits per heavy atom. The normalized spacial score (nSPS) is 45.2. The number of aromatic nitrogens is 2. The fraction of sp³-hybridized carbons (Fsp3) is 0.759. The number of nitrogens with zero attached hydrogens (tertiary/aromatic N) is 2. The number of nitrogens with one attached hydrogen (secondary N) is 1. The van der Waals surface area contributed by atoms with Gasteiger partial charge in [0.05, 0.1) is 16.2 Å². The van der Waals surface area contributed by atoms with Gasteiger partial charge < -0.3 is 19.9 Å². The molecular formula is C54H77N3O6. The van der Waals surface area contributed by atoms with Gasteiger partial charge in [-0.3, -0.25) is 14.4 Å². The highest BCUT2D eigenvalue weighted by atomic mass is 16.4. The van der Waals surface area contributed by atoms with E-state index in [0.717, 1.165) is 76.2 Å². The first-order valence-electron chi connectivity index (χ1n) is 24.6. The molecule has 1 amide bonds. The van der Waals surface area contributed by atoms with Gasteiger partial charge in [-0.1, -0.05) is 105 Å². The number of fused-ring (bicyclic) bond motifs is 7. The Morgan fingerprint density at radius 3 is 2.05 bits per heavy atom. The number of aliphatic carboxylic acids is 2. The van der Waals surface area contributed by atoms with Crippen LogP contribution in [-0.4, -0.2) is 44.3 Å². The van der Waals surface area contributed by atoms with Crippen LogP contribution >= 0.6 is 0 Å². The van der Waals surface area contributed by atoms with E-state index in [9.17, 15) is 19.8 Å². The van der Waals surface area contributed by atoms with Gasteiger partial charge >= 0.3 is 11.9 Å². The largest absolute Gasteiger partial charge is 0.481 e. The molecule has 0 unspecified atom stereocenters. The summed E-state index contributed by atoms with van der Waals surface area (Å²) in [6.07, 6.45) is 11.3. The number of aryl methyl sites for hydroxylation is 1. The summed E-state index contributed by atoms with van der Waals surface area (Å²) in [4.78, 5) is 42.5. The van der Waals surface area contributed by atoms with E-state index in [-0.39, 0.29) is 63.2 Å². The Bertz CT molecular complexity index is 2210. The number of carboxylic acids is 2. The molecule has 7 saturated carbocycles. The third kappa shape index (κ3) is 5.55. The number of hydrogen-bond acceptors (Lipinski definition) is 6. The lowest BCUT2D eigenvalue weighted by atomic mass is 9.27. The van der Waals surface area contributed by atoms with Gasteiger partial charge in [-0.05, 0) is 164 Å². The standard InChI is InChI=1S/C54H77N3O6/c1-31(2)34-20-25-52(43(58)55-40-28-36(46(40,4)5)42-57-56-32(3)63-42)27-26-50(11)35(41(34)52)18-19-39-49(10)23-21-38(47(6,7)37(49)22-24-51(39,50)12)54(45(61)62)30-53(44(59)60,48(54,8)9)29-33-16-14-13-15-17-33/h13-17,34-41H,1,18-30H2,2-12H3,(H,55,58)(H,59,60)(H,61,62)/t34-,35+,36+,37+,38-,39+,40+,41+,49+,50+,51+,52-,53-,54+/m0/s1. The van der Waals surface area contributed by atoms with Gasteiger partial charge in [0.1, 0.15) is 0 Å². The van der Waals surface area contributed by atoms with Gasteiger partial charge in [0, 0.05) is 18.9 Å². The molecule has 2 aromatic rings. The number of benzene rings is 1. The molecule has 1 aromatic heterocycles. The Hall–Kier alpha value is -3.49. The van der Waals surface area contributed by atoms with Gasteiger partial charge in [0.25, 0.3) is 0 Å². The van der Waals surface area contributed by atoms with Gasteiger partial charge in [-0.2, -0.15) is 0 Å². The summed E-state index contributed by atoms with van der Waals surface area (Å²) in [6.45, 7) is 29.5. The molecule has 0 saturated heterocycles. The van der Waals surface area contributed by atoms with E-state index in [1.807, 2.05) is 51.1 Å². The van der Waals surface area contributed by atoms with E-state index in [1.54, 1.807) is 0 Å². The zero-order valence-corrected chi connectivity index (χ0v) is 40.3. The number of rotatable bonds is 9. The van der Waals surface area contributed by atoms with Crippen molar-refractivity contribution in [2.45, 2.75) is 172 Å². The molecule has 14 atom stereocenters. The molecule has 0 radical (unpaired) electrons. The smallest absolute Gasteiger partial charge is 0.310 e. The van der Waals surface area contributed by atoms with E-state index in [4.69, 9.17) is 4.42 Å². The minimum absolute atomic E-state index is 0.0150. The van der Waals surface area contributed by atoms with Crippen molar-refractivity contribution in [2.24, 2.45) is 84.2 Å². The third-order valence-electron chi connectivity index (χ3n) is 22.6. The first-order chi connectivity index (χ1) is 29.3. The number of amides is 1. The van der Waals surface area contributed by atoms with Crippen LogP contribution in [0.2, 0.25) is 0 Å². The lowest BCUT2D eigenvalue weighted by Crippen LogP contribution is -2.75. The van der Waals surface area contributed by atoms with E-state index in [0.29, 0.717) is 41.9 Å². The quantitative estimate of drug-likeness (QED) is 0.212. The molecule has 63 heavy (non-hydrogen) atoms. The second kappa shape index (κ2) is 14.0. The number of allylic oxidation sites excluding steroid dienone is 1. The molecular weight excluding hydrogens is 787 g/mol. The Kier molecular flexibility index (Phi) is 9.94. The number of hydrogen-bond donors (Lipinski definition) is 3. The summed E-state index contributed by atoms with van der Waals surface area (Å²) >= 11 is 0. The predicted octanol–water partition coefficient (Wildman–Crippen LogP) is 11.5. The zero-order valence-electron chi connectivity index (χ0n) is 40.3. The summed E-state index contributed by atoms with van der Waals surface area (Å²) in [6, 6.07) is 9.82. The Labute approximate surface area is 376 Å². The molecule has 9 rings (SSSR count). The second-order valence-corrected chi connectivity index (χ2v) is 25.2. The van der Waals surface area contributed by atoms with E-state index in [1.165, 1.54) is 5.57 Å². The van der Waals surface area contributed by atoms with Crippen molar-refractivity contribution in [3.05, 3.63) is 59.8 Å². The van der Waals surface area contributed by atoms with Crippen LogP contribution in [-0.2, 0) is 20.8 Å². The molecule has 1 aromatic carbocycles. The molecule has 0 aliphatic heterocycles. The molecule has 9 nitrogen and oxygen atoms in total. The van der Waals surface area contributed by atoms with Crippen LogP contribution in [0.5, 0.6) is 0 Å². The van der Waals surface area contributed by atoms with Crippen LogP contribution in [0.4, 0.5) is 0 Å². The average Bonchev–Trinajstić information content (AvgIpc) is 3.82. The van der Waals surface area contributed by atoms with Gasteiger partial charge in [0.15, 0.2) is 0 Å². The highest BCUT2D eigenvalue weighted by molar-refractivity contribution is 5.87. The summed E-state index contributed by atoms with van der Waals surface area (Å²) in [5.74, 6) is 1.55. The summed E-state index contributed by atoms with van der Waals surface area (Å²) in [7, 11) is 0. The molecule has 1 heterocycles. The predicted molar refractivity (Wildman–Crippen MR) is 243 cm³/mol. The first-order valence-corrected chi connectivity index (χ1v) is 24.6. The van der Waals surface area contributed by atoms with E-state index < -0.39 is 33.6 Å². The first kappa shape index (κ1) is 44.7. The highest BCUT2D eigenvalue weighted by Gasteiger charge is 2.81.